The van der Waals surface area contributed by atoms with Gasteiger partial charge in [-0.05, 0) is 98.2 Å². The highest BCUT2D eigenvalue weighted by Gasteiger charge is 2.35. The molecule has 2 heterocycles. The van der Waals surface area contributed by atoms with Gasteiger partial charge in [0, 0.05) is 32.8 Å². The minimum atomic E-state index is -0.124. The molecule has 0 fully saturated rings. The van der Waals surface area contributed by atoms with E-state index in [1.165, 1.54) is 38.6 Å². The third kappa shape index (κ3) is 4.74. The van der Waals surface area contributed by atoms with Crippen LogP contribution in [0.1, 0.15) is 25.0 Å². The smallest absolute Gasteiger partial charge is 0.159 e. The summed E-state index contributed by atoms with van der Waals surface area (Å²) in [5.74, 6) is 0. The molecule has 274 valence electrons. The largest absolute Gasteiger partial charge is 0.455 e. The number of rotatable bonds is 5. The molecule has 0 N–H and O–H groups in total. The van der Waals surface area contributed by atoms with E-state index in [-0.39, 0.29) is 5.41 Å². The van der Waals surface area contributed by atoms with E-state index in [0.717, 1.165) is 77.6 Å². The molecular weight excluding hydrogens is 707 g/mol. The predicted molar refractivity (Wildman–Crippen MR) is 242 cm³/mol. The second-order valence-corrected chi connectivity index (χ2v) is 16.0. The van der Waals surface area contributed by atoms with E-state index in [1.807, 2.05) is 12.1 Å². The number of hydrogen-bond donors (Lipinski definition) is 0. The zero-order valence-electron chi connectivity index (χ0n) is 32.2. The van der Waals surface area contributed by atoms with Crippen LogP contribution in [0.25, 0.3) is 88.0 Å². The molecule has 58 heavy (non-hydrogen) atoms. The van der Waals surface area contributed by atoms with Gasteiger partial charge >= 0.3 is 0 Å². The summed E-state index contributed by atoms with van der Waals surface area (Å²) in [5, 5.41) is 6.65. The number of furan rings is 2. The third-order valence-electron chi connectivity index (χ3n) is 12.5. The first-order chi connectivity index (χ1) is 28.5. The highest BCUT2D eigenvalue weighted by Crippen LogP contribution is 2.52. The Morgan fingerprint density at radius 2 is 1.05 bits per heavy atom. The number of benzene rings is 9. The number of anilines is 3. The van der Waals surface area contributed by atoms with Gasteiger partial charge in [0.05, 0.1) is 16.8 Å². The van der Waals surface area contributed by atoms with Crippen LogP contribution in [-0.2, 0) is 5.41 Å². The molecule has 0 aliphatic heterocycles. The number of para-hydroxylation sites is 2. The lowest BCUT2D eigenvalue weighted by Crippen LogP contribution is -2.14. The quantitative estimate of drug-likeness (QED) is 0.176. The SMILES string of the molecule is CC1(C)c2ccccc2-c2ccc(-c3c4ccccc4cc4c3oc3cccc(N(c5ccc(-c6ccccc6)cc5)c5cccc6c5oc5ccccc56)c34)cc21. The third-order valence-corrected chi connectivity index (χ3v) is 12.5. The van der Waals surface area contributed by atoms with Gasteiger partial charge in [-0.1, -0.05) is 153 Å². The molecule has 11 aromatic rings. The van der Waals surface area contributed by atoms with Gasteiger partial charge in [-0.15, -0.1) is 0 Å². The van der Waals surface area contributed by atoms with Crippen LogP contribution in [0.2, 0.25) is 0 Å². The molecule has 0 spiro atoms. The lowest BCUT2D eigenvalue weighted by molar-refractivity contribution is 0.660. The van der Waals surface area contributed by atoms with E-state index in [9.17, 15) is 0 Å². The van der Waals surface area contributed by atoms with Crippen molar-refractivity contribution in [3.63, 3.8) is 0 Å². The van der Waals surface area contributed by atoms with Crippen molar-refractivity contribution in [3.05, 3.63) is 199 Å². The Balaban J connectivity index is 1.13. The van der Waals surface area contributed by atoms with Crippen LogP contribution in [0.4, 0.5) is 17.1 Å². The zero-order valence-corrected chi connectivity index (χ0v) is 32.2. The van der Waals surface area contributed by atoms with Crippen LogP contribution in [0.15, 0.2) is 197 Å². The van der Waals surface area contributed by atoms with Gasteiger partial charge in [0.15, 0.2) is 5.58 Å². The molecule has 0 radical (unpaired) electrons. The maximum atomic E-state index is 7.10. The Labute approximate surface area is 336 Å². The van der Waals surface area contributed by atoms with Crippen LogP contribution in [0.3, 0.4) is 0 Å². The fourth-order valence-corrected chi connectivity index (χ4v) is 9.69. The molecule has 12 rings (SSSR count). The zero-order chi connectivity index (χ0) is 38.5. The van der Waals surface area contributed by atoms with Gasteiger partial charge in [-0.2, -0.15) is 0 Å². The van der Waals surface area contributed by atoms with Crippen LogP contribution in [0, 0.1) is 0 Å². The van der Waals surface area contributed by atoms with E-state index in [1.54, 1.807) is 0 Å². The molecule has 1 aliphatic rings. The molecule has 0 unspecified atom stereocenters. The van der Waals surface area contributed by atoms with E-state index in [0.29, 0.717) is 0 Å². The number of hydrogen-bond acceptors (Lipinski definition) is 3. The second-order valence-electron chi connectivity index (χ2n) is 16.0. The minimum absolute atomic E-state index is 0.124. The minimum Gasteiger partial charge on any atom is -0.455 e. The Bertz CT molecular complexity index is 3420. The average molecular weight is 744 g/mol. The summed E-state index contributed by atoms with van der Waals surface area (Å²) in [7, 11) is 0. The Hall–Kier alpha value is -7.36. The van der Waals surface area contributed by atoms with Crippen molar-refractivity contribution in [2.24, 2.45) is 0 Å². The molecule has 0 atom stereocenters. The highest BCUT2D eigenvalue weighted by atomic mass is 16.3. The summed E-state index contributed by atoms with van der Waals surface area (Å²) < 4.78 is 13.8. The maximum Gasteiger partial charge on any atom is 0.159 e. The molecule has 0 saturated carbocycles. The van der Waals surface area contributed by atoms with Crippen molar-refractivity contribution in [1.29, 1.82) is 0 Å². The van der Waals surface area contributed by atoms with Gasteiger partial charge < -0.3 is 13.7 Å². The molecule has 0 saturated heterocycles. The van der Waals surface area contributed by atoms with Crippen LogP contribution in [-0.4, -0.2) is 0 Å². The van der Waals surface area contributed by atoms with Crippen molar-refractivity contribution in [2.45, 2.75) is 19.3 Å². The fourth-order valence-electron chi connectivity index (χ4n) is 9.69. The van der Waals surface area contributed by atoms with Crippen molar-refractivity contribution in [3.8, 4) is 33.4 Å². The molecule has 3 heteroatoms. The first-order valence-electron chi connectivity index (χ1n) is 20.0. The van der Waals surface area contributed by atoms with Gasteiger partial charge in [0.2, 0.25) is 0 Å². The number of fused-ring (bicyclic) bond motifs is 10. The Morgan fingerprint density at radius 3 is 1.93 bits per heavy atom. The molecule has 0 amide bonds. The average Bonchev–Trinajstić information content (AvgIpc) is 3.91. The lowest BCUT2D eigenvalue weighted by Gasteiger charge is -2.26. The van der Waals surface area contributed by atoms with E-state index in [2.05, 4.69) is 195 Å². The molecule has 9 aromatic carbocycles. The summed E-state index contributed by atoms with van der Waals surface area (Å²) in [6.45, 7) is 4.69. The van der Waals surface area contributed by atoms with E-state index in [4.69, 9.17) is 8.83 Å². The number of nitrogens with zero attached hydrogens (tertiary/aromatic N) is 1. The summed E-state index contributed by atoms with van der Waals surface area (Å²) in [6, 6.07) is 67.5. The van der Waals surface area contributed by atoms with Gasteiger partial charge in [-0.25, -0.2) is 0 Å². The van der Waals surface area contributed by atoms with Gasteiger partial charge in [0.1, 0.15) is 16.7 Å². The first-order valence-corrected chi connectivity index (χ1v) is 20.0. The molecule has 3 nitrogen and oxygen atoms in total. The molecule has 1 aliphatic carbocycles. The second kappa shape index (κ2) is 12.3. The van der Waals surface area contributed by atoms with E-state index >= 15 is 0 Å². The summed E-state index contributed by atoms with van der Waals surface area (Å²) in [6.07, 6.45) is 0. The van der Waals surface area contributed by atoms with Crippen LogP contribution in [0.5, 0.6) is 0 Å². The molecule has 2 aromatic heterocycles. The van der Waals surface area contributed by atoms with Crippen molar-refractivity contribution < 1.29 is 8.83 Å². The first kappa shape index (κ1) is 32.8. The molecular formula is C55H37NO2. The fraction of sp³-hybridized carbons (Fsp3) is 0.0545. The predicted octanol–water partition coefficient (Wildman–Crippen LogP) is 15.7. The topological polar surface area (TPSA) is 29.5 Å². The van der Waals surface area contributed by atoms with Crippen LogP contribution < -0.4 is 4.90 Å². The highest BCUT2D eigenvalue weighted by molar-refractivity contribution is 6.22. The van der Waals surface area contributed by atoms with Crippen molar-refractivity contribution >= 4 is 71.7 Å². The van der Waals surface area contributed by atoms with Crippen molar-refractivity contribution in [2.75, 3.05) is 4.90 Å². The summed E-state index contributed by atoms with van der Waals surface area (Å²) in [4.78, 5) is 2.35. The van der Waals surface area contributed by atoms with Gasteiger partial charge in [0.25, 0.3) is 0 Å². The monoisotopic (exact) mass is 743 g/mol. The maximum absolute atomic E-state index is 7.10. The van der Waals surface area contributed by atoms with Crippen LogP contribution >= 0.6 is 0 Å². The Morgan fingerprint density at radius 1 is 0.414 bits per heavy atom. The Kier molecular flexibility index (Phi) is 6.98. The summed E-state index contributed by atoms with van der Waals surface area (Å²) in [5.41, 5.74) is 16.3. The lowest BCUT2D eigenvalue weighted by atomic mass is 9.81. The van der Waals surface area contributed by atoms with Gasteiger partial charge in [-0.3, -0.25) is 0 Å². The van der Waals surface area contributed by atoms with E-state index < -0.39 is 0 Å². The standard InChI is InChI=1S/C55H37NO2/c1-55(2)45-21-10-8-18-40(45)41-31-28-37(33-46(41)55)51-39-17-7-6-16-36(39)32-44-52-47(22-13-25-50(52)58-54(44)51)56(38-29-26-35(27-30-38)34-14-4-3-5-15-34)48-23-12-20-43-42-19-9-11-24-49(42)57-53(43)48/h3-33H,1-2H3. The normalized spacial score (nSPS) is 13.1. The summed E-state index contributed by atoms with van der Waals surface area (Å²) >= 11 is 0. The molecule has 0 bridgehead atoms. The van der Waals surface area contributed by atoms with Crippen molar-refractivity contribution in [1.82, 2.24) is 0 Å².